The van der Waals surface area contributed by atoms with Gasteiger partial charge >= 0.3 is 0 Å². The highest BCUT2D eigenvalue weighted by Crippen LogP contribution is 2.29. The Kier molecular flexibility index (Phi) is 5.38. The Balaban J connectivity index is 2.48. The van der Waals surface area contributed by atoms with E-state index < -0.39 is 0 Å². The molecule has 0 aliphatic heterocycles. The van der Waals surface area contributed by atoms with Gasteiger partial charge in [-0.05, 0) is 47.5 Å². The molecule has 1 heterocycles. The summed E-state index contributed by atoms with van der Waals surface area (Å²) in [6.45, 7) is 5.04. The van der Waals surface area contributed by atoms with Crippen LogP contribution in [-0.2, 0) is 6.42 Å². The molecule has 0 saturated heterocycles. The number of rotatable bonds is 5. The number of hydrogen-bond donors (Lipinski definition) is 1. The molecule has 0 radical (unpaired) electrons. The van der Waals surface area contributed by atoms with E-state index in [-0.39, 0.29) is 0 Å². The maximum atomic E-state index is 5.98. The molecule has 1 aromatic carbocycles. The summed E-state index contributed by atoms with van der Waals surface area (Å²) in [6.07, 6.45) is 2.00. The van der Waals surface area contributed by atoms with Crippen LogP contribution in [-0.4, -0.2) is 16.5 Å². The van der Waals surface area contributed by atoms with Crippen molar-refractivity contribution in [3.8, 4) is 11.4 Å². The van der Waals surface area contributed by atoms with Crippen LogP contribution in [0.3, 0.4) is 0 Å². The van der Waals surface area contributed by atoms with Crippen LogP contribution in [0.4, 0.5) is 5.82 Å². The Labute approximate surface area is 132 Å². The van der Waals surface area contributed by atoms with Crippen LogP contribution in [0.15, 0.2) is 28.7 Å². The van der Waals surface area contributed by atoms with E-state index in [1.165, 1.54) is 0 Å². The molecule has 2 aromatic rings. The Morgan fingerprint density at radius 2 is 2.00 bits per heavy atom. The summed E-state index contributed by atoms with van der Waals surface area (Å²) in [5.74, 6) is 1.58. The highest BCUT2D eigenvalue weighted by atomic mass is 79.9. The third-order valence-electron chi connectivity index (χ3n) is 2.82. The average molecular weight is 355 g/mol. The molecule has 5 heteroatoms. The molecule has 0 amide bonds. The summed E-state index contributed by atoms with van der Waals surface area (Å²) >= 11 is 9.51. The van der Waals surface area contributed by atoms with Crippen LogP contribution < -0.4 is 5.32 Å². The average Bonchev–Trinajstić information content (AvgIpc) is 2.39. The van der Waals surface area contributed by atoms with Gasteiger partial charge in [0.05, 0.1) is 0 Å². The first-order chi connectivity index (χ1) is 9.63. The number of aromatic nitrogens is 2. The van der Waals surface area contributed by atoms with E-state index in [9.17, 15) is 0 Å². The summed E-state index contributed by atoms with van der Waals surface area (Å²) in [6, 6.07) is 7.66. The van der Waals surface area contributed by atoms with Crippen molar-refractivity contribution >= 4 is 33.3 Å². The normalized spacial score (nSPS) is 10.6. The second kappa shape index (κ2) is 7.04. The molecule has 0 saturated carbocycles. The smallest absolute Gasteiger partial charge is 0.162 e. The summed E-state index contributed by atoms with van der Waals surface area (Å²) in [5.41, 5.74) is 2.00. The maximum Gasteiger partial charge on any atom is 0.162 e. The van der Waals surface area contributed by atoms with Gasteiger partial charge in [0, 0.05) is 33.4 Å². The molecular weight excluding hydrogens is 338 g/mol. The minimum absolute atomic E-state index is 0.692. The Morgan fingerprint density at radius 3 is 2.65 bits per heavy atom. The van der Waals surface area contributed by atoms with Crippen LogP contribution in [0.25, 0.3) is 11.4 Å². The molecule has 3 nitrogen and oxygen atoms in total. The fraction of sp³-hybridized carbons (Fsp3) is 0.333. The number of aryl methyl sites for hydroxylation is 1. The lowest BCUT2D eigenvalue weighted by molar-refractivity contribution is 0.875. The monoisotopic (exact) mass is 353 g/mol. The van der Waals surface area contributed by atoms with E-state index in [0.717, 1.165) is 46.8 Å². The summed E-state index contributed by atoms with van der Waals surface area (Å²) in [5, 5.41) is 3.95. The SMILES string of the molecule is CCCc1cc(NCC)nc(-c2ccc(Cl)cc2Br)n1. The van der Waals surface area contributed by atoms with E-state index >= 15 is 0 Å². The van der Waals surface area contributed by atoms with E-state index in [1.54, 1.807) is 0 Å². The predicted molar refractivity (Wildman–Crippen MR) is 88.3 cm³/mol. The molecule has 0 aliphatic carbocycles. The molecule has 0 aliphatic rings. The largest absolute Gasteiger partial charge is 0.370 e. The van der Waals surface area contributed by atoms with Gasteiger partial charge in [0.2, 0.25) is 0 Å². The Hall–Kier alpha value is -1.13. The molecule has 20 heavy (non-hydrogen) atoms. The van der Waals surface area contributed by atoms with Gasteiger partial charge in [0.25, 0.3) is 0 Å². The van der Waals surface area contributed by atoms with E-state index in [4.69, 9.17) is 11.6 Å². The fourth-order valence-corrected chi connectivity index (χ4v) is 2.80. The molecule has 0 fully saturated rings. The zero-order valence-corrected chi connectivity index (χ0v) is 13.9. The van der Waals surface area contributed by atoms with Gasteiger partial charge in [-0.1, -0.05) is 24.9 Å². The lowest BCUT2D eigenvalue weighted by atomic mass is 10.2. The van der Waals surface area contributed by atoms with Gasteiger partial charge in [0.1, 0.15) is 5.82 Å². The molecular formula is C15H17BrClN3. The van der Waals surface area contributed by atoms with Crippen LogP contribution in [0.1, 0.15) is 26.0 Å². The van der Waals surface area contributed by atoms with Crippen molar-refractivity contribution in [1.29, 1.82) is 0 Å². The first-order valence-corrected chi connectivity index (χ1v) is 7.88. The molecule has 0 spiro atoms. The molecule has 2 rings (SSSR count). The van der Waals surface area contributed by atoms with Crippen molar-refractivity contribution in [2.24, 2.45) is 0 Å². The van der Waals surface area contributed by atoms with Crippen LogP contribution in [0.2, 0.25) is 5.02 Å². The summed E-state index contributed by atoms with van der Waals surface area (Å²) in [7, 11) is 0. The third-order valence-corrected chi connectivity index (χ3v) is 3.71. The maximum absolute atomic E-state index is 5.98. The first kappa shape index (κ1) is 15.3. The van der Waals surface area contributed by atoms with Gasteiger partial charge in [-0.2, -0.15) is 0 Å². The Bertz CT molecular complexity index is 577. The van der Waals surface area contributed by atoms with Crippen molar-refractivity contribution in [3.05, 3.63) is 39.5 Å². The quantitative estimate of drug-likeness (QED) is 0.826. The van der Waals surface area contributed by atoms with Gasteiger partial charge in [-0.15, -0.1) is 0 Å². The summed E-state index contributed by atoms with van der Waals surface area (Å²) < 4.78 is 0.904. The van der Waals surface area contributed by atoms with Crippen LogP contribution in [0, 0.1) is 0 Å². The van der Waals surface area contributed by atoms with Crippen molar-refractivity contribution in [2.45, 2.75) is 26.7 Å². The first-order valence-electron chi connectivity index (χ1n) is 6.71. The van der Waals surface area contributed by atoms with Gasteiger partial charge < -0.3 is 5.32 Å². The molecule has 0 bridgehead atoms. The number of hydrogen-bond acceptors (Lipinski definition) is 3. The molecule has 0 atom stereocenters. The number of benzene rings is 1. The zero-order valence-electron chi connectivity index (χ0n) is 11.6. The van der Waals surface area contributed by atoms with Gasteiger partial charge in [-0.3, -0.25) is 0 Å². The van der Waals surface area contributed by atoms with E-state index in [1.807, 2.05) is 24.3 Å². The van der Waals surface area contributed by atoms with Gasteiger partial charge in [0.15, 0.2) is 5.82 Å². The minimum atomic E-state index is 0.692. The van der Waals surface area contributed by atoms with Gasteiger partial charge in [-0.25, -0.2) is 9.97 Å². The standard InChI is InChI=1S/C15H17BrClN3/c1-3-5-11-9-14(18-4-2)20-15(19-11)12-7-6-10(17)8-13(12)16/h6-9H,3-5H2,1-2H3,(H,18,19,20). The van der Waals surface area contributed by atoms with Crippen LogP contribution in [0.5, 0.6) is 0 Å². The zero-order chi connectivity index (χ0) is 14.5. The van der Waals surface area contributed by atoms with Crippen molar-refractivity contribution in [2.75, 3.05) is 11.9 Å². The predicted octanol–water partition coefficient (Wildman–Crippen LogP) is 4.94. The highest BCUT2D eigenvalue weighted by molar-refractivity contribution is 9.10. The highest BCUT2D eigenvalue weighted by Gasteiger charge is 2.10. The van der Waals surface area contributed by atoms with Crippen molar-refractivity contribution in [1.82, 2.24) is 9.97 Å². The molecule has 106 valence electrons. The molecule has 1 N–H and O–H groups in total. The van der Waals surface area contributed by atoms with Crippen molar-refractivity contribution < 1.29 is 0 Å². The number of anilines is 1. The lowest BCUT2D eigenvalue weighted by Gasteiger charge is -2.10. The summed E-state index contributed by atoms with van der Waals surface area (Å²) in [4.78, 5) is 9.21. The van der Waals surface area contributed by atoms with Crippen LogP contribution >= 0.6 is 27.5 Å². The molecule has 1 aromatic heterocycles. The third kappa shape index (κ3) is 3.70. The molecule has 0 unspecified atom stereocenters. The van der Waals surface area contributed by atoms with E-state index in [2.05, 4.69) is 45.1 Å². The lowest BCUT2D eigenvalue weighted by Crippen LogP contribution is -2.04. The number of nitrogens with zero attached hydrogens (tertiary/aromatic N) is 2. The number of halogens is 2. The van der Waals surface area contributed by atoms with E-state index in [0.29, 0.717) is 5.02 Å². The Morgan fingerprint density at radius 1 is 1.20 bits per heavy atom. The second-order valence-corrected chi connectivity index (χ2v) is 5.76. The minimum Gasteiger partial charge on any atom is -0.370 e. The second-order valence-electron chi connectivity index (χ2n) is 4.47. The topological polar surface area (TPSA) is 37.8 Å². The van der Waals surface area contributed by atoms with Crippen molar-refractivity contribution in [3.63, 3.8) is 0 Å². The number of nitrogens with one attached hydrogen (secondary N) is 1. The fourth-order valence-electron chi connectivity index (χ4n) is 1.94.